The fourth-order valence-corrected chi connectivity index (χ4v) is 2.24. The smallest absolute Gasteiger partial charge is 0.431 e. The molecule has 0 bridgehead atoms. The average Bonchev–Trinajstić information content (AvgIpc) is 2.18. The van der Waals surface area contributed by atoms with Crippen LogP contribution in [0.1, 0.15) is 59.8 Å². The summed E-state index contributed by atoms with van der Waals surface area (Å²) in [6, 6.07) is 0.234. The van der Waals surface area contributed by atoms with Crippen LogP contribution in [0.2, 0.25) is 0 Å². The summed E-state index contributed by atoms with van der Waals surface area (Å²) in [5.74, 6) is 0.545. The highest BCUT2D eigenvalue weighted by Gasteiger charge is 2.25. The fourth-order valence-electron chi connectivity index (χ4n) is 2.24. The van der Waals surface area contributed by atoms with E-state index in [1.54, 1.807) is 0 Å². The first-order valence-corrected chi connectivity index (χ1v) is 6.91. The molecule has 0 amide bonds. The molecule has 3 atom stereocenters. The molecule has 0 heterocycles. The lowest BCUT2D eigenvalue weighted by molar-refractivity contribution is -0.0345. The van der Waals surface area contributed by atoms with Gasteiger partial charge in [-0.25, -0.2) is 4.79 Å². The molecule has 0 radical (unpaired) electrons. The number of carbonyl (C=O) groups is 1. The van der Waals surface area contributed by atoms with Gasteiger partial charge in [0, 0.05) is 6.04 Å². The number of hydrogen-bond donors (Lipinski definition) is 1. The van der Waals surface area contributed by atoms with Crippen LogP contribution in [-0.2, 0) is 9.47 Å². The molecule has 1 aliphatic rings. The summed E-state index contributed by atoms with van der Waals surface area (Å²) in [5, 5.41) is 0. The van der Waals surface area contributed by atoms with Gasteiger partial charge in [0.15, 0.2) is 0 Å². The van der Waals surface area contributed by atoms with Crippen LogP contribution in [0.15, 0.2) is 0 Å². The number of hydrogen-bond acceptors (Lipinski definition) is 4. The predicted molar refractivity (Wildman–Crippen MR) is 71.3 cm³/mol. The summed E-state index contributed by atoms with van der Waals surface area (Å²) in [7, 11) is 0. The molecule has 1 rings (SSSR count). The zero-order valence-electron chi connectivity index (χ0n) is 12.1. The first-order valence-electron chi connectivity index (χ1n) is 6.91. The van der Waals surface area contributed by atoms with Gasteiger partial charge in [-0.05, 0) is 58.8 Å². The lowest BCUT2D eigenvalue weighted by Crippen LogP contribution is -2.31. The van der Waals surface area contributed by atoms with E-state index in [9.17, 15) is 4.79 Å². The maximum Gasteiger partial charge on any atom is 0.509 e. The van der Waals surface area contributed by atoms with E-state index in [0.29, 0.717) is 5.92 Å². The van der Waals surface area contributed by atoms with E-state index < -0.39 is 11.8 Å². The van der Waals surface area contributed by atoms with Crippen molar-refractivity contribution < 1.29 is 14.3 Å². The highest BCUT2D eigenvalue weighted by Crippen LogP contribution is 2.24. The third-order valence-corrected chi connectivity index (χ3v) is 3.21. The Morgan fingerprint density at radius 3 is 2.39 bits per heavy atom. The minimum atomic E-state index is -0.561. The van der Waals surface area contributed by atoms with Crippen LogP contribution >= 0.6 is 0 Å². The van der Waals surface area contributed by atoms with Crippen LogP contribution in [0.3, 0.4) is 0 Å². The van der Waals surface area contributed by atoms with Gasteiger partial charge in [-0.3, -0.25) is 0 Å². The minimum Gasteiger partial charge on any atom is -0.431 e. The van der Waals surface area contributed by atoms with Crippen molar-refractivity contribution in [3.05, 3.63) is 0 Å². The SMILES string of the molecule is C[C@@H]1CCC(N)CCC(OC(=O)OC(C)(C)C)C1. The van der Waals surface area contributed by atoms with Gasteiger partial charge < -0.3 is 15.2 Å². The lowest BCUT2D eigenvalue weighted by Gasteiger charge is -2.27. The molecule has 2 unspecified atom stereocenters. The summed E-state index contributed by atoms with van der Waals surface area (Å²) < 4.78 is 10.6. The van der Waals surface area contributed by atoms with Gasteiger partial charge in [0.2, 0.25) is 0 Å². The van der Waals surface area contributed by atoms with E-state index in [1.165, 1.54) is 0 Å². The molecule has 1 saturated carbocycles. The molecular weight excluding hydrogens is 230 g/mol. The van der Waals surface area contributed by atoms with Crippen LogP contribution in [0.4, 0.5) is 4.79 Å². The molecule has 0 aromatic heterocycles. The second-order valence-corrected chi connectivity index (χ2v) is 6.46. The van der Waals surface area contributed by atoms with Gasteiger partial charge in [-0.1, -0.05) is 6.92 Å². The summed E-state index contributed by atoms with van der Waals surface area (Å²) >= 11 is 0. The van der Waals surface area contributed by atoms with Crippen molar-refractivity contribution in [1.82, 2.24) is 0 Å². The first-order chi connectivity index (χ1) is 8.26. The van der Waals surface area contributed by atoms with Gasteiger partial charge in [0.05, 0.1) is 0 Å². The molecule has 4 nitrogen and oxygen atoms in total. The number of carbonyl (C=O) groups excluding carboxylic acids is 1. The molecule has 18 heavy (non-hydrogen) atoms. The van der Waals surface area contributed by atoms with Gasteiger partial charge >= 0.3 is 6.16 Å². The third kappa shape index (κ3) is 6.24. The second kappa shape index (κ2) is 6.41. The maximum absolute atomic E-state index is 11.6. The largest absolute Gasteiger partial charge is 0.509 e. The van der Waals surface area contributed by atoms with E-state index in [2.05, 4.69) is 6.92 Å². The van der Waals surface area contributed by atoms with Gasteiger partial charge in [-0.2, -0.15) is 0 Å². The summed E-state index contributed by atoms with van der Waals surface area (Å²) in [4.78, 5) is 11.6. The van der Waals surface area contributed by atoms with Crippen molar-refractivity contribution in [2.75, 3.05) is 0 Å². The van der Waals surface area contributed by atoms with Crippen LogP contribution in [0, 0.1) is 5.92 Å². The normalized spacial score (nSPS) is 30.2. The molecule has 1 aliphatic carbocycles. The van der Waals surface area contributed by atoms with E-state index in [4.69, 9.17) is 15.2 Å². The highest BCUT2D eigenvalue weighted by molar-refractivity contribution is 5.60. The van der Waals surface area contributed by atoms with Gasteiger partial charge in [-0.15, -0.1) is 0 Å². The fraction of sp³-hybridized carbons (Fsp3) is 0.929. The van der Waals surface area contributed by atoms with E-state index in [-0.39, 0.29) is 12.1 Å². The van der Waals surface area contributed by atoms with Crippen LogP contribution in [0.5, 0.6) is 0 Å². The summed E-state index contributed by atoms with van der Waals surface area (Å²) in [6.07, 6.45) is 4.22. The van der Waals surface area contributed by atoms with Crippen LogP contribution in [0.25, 0.3) is 0 Å². The quantitative estimate of drug-likeness (QED) is 0.733. The zero-order chi connectivity index (χ0) is 13.8. The van der Waals surface area contributed by atoms with Crippen molar-refractivity contribution in [3.8, 4) is 0 Å². The number of nitrogens with two attached hydrogens (primary N) is 1. The molecule has 0 aliphatic heterocycles. The molecule has 1 fully saturated rings. The minimum absolute atomic E-state index is 0.0544. The Bertz CT molecular complexity index is 273. The Balaban J connectivity index is 2.45. The molecule has 0 spiro atoms. The standard InChI is InChI=1S/C14H27NO3/c1-10-5-6-11(15)7-8-12(9-10)17-13(16)18-14(2,3)4/h10-12H,5-9,15H2,1-4H3/t10-,11?,12?/m1/s1. The molecule has 0 aromatic carbocycles. The Hall–Kier alpha value is -0.770. The molecule has 2 N–H and O–H groups in total. The Labute approximate surface area is 110 Å². The van der Waals surface area contributed by atoms with E-state index in [1.807, 2.05) is 20.8 Å². The zero-order valence-corrected chi connectivity index (χ0v) is 12.1. The number of ether oxygens (including phenoxy) is 2. The maximum atomic E-state index is 11.6. The molecule has 0 saturated heterocycles. The molecule has 106 valence electrons. The summed E-state index contributed by atoms with van der Waals surface area (Å²) in [5.41, 5.74) is 5.49. The first kappa shape index (κ1) is 15.3. The molecule has 0 aromatic rings. The molecular formula is C14H27NO3. The predicted octanol–water partition coefficient (Wildman–Crippen LogP) is 3.23. The summed E-state index contributed by atoms with van der Waals surface area (Å²) in [6.45, 7) is 7.70. The monoisotopic (exact) mass is 257 g/mol. The van der Waals surface area contributed by atoms with Crippen molar-refractivity contribution in [2.24, 2.45) is 11.7 Å². The van der Waals surface area contributed by atoms with Crippen molar-refractivity contribution >= 4 is 6.16 Å². The van der Waals surface area contributed by atoms with Gasteiger partial charge in [0.25, 0.3) is 0 Å². The van der Waals surface area contributed by atoms with Crippen molar-refractivity contribution in [3.63, 3.8) is 0 Å². The number of rotatable bonds is 1. The van der Waals surface area contributed by atoms with Gasteiger partial charge in [0.1, 0.15) is 11.7 Å². The topological polar surface area (TPSA) is 61.5 Å². The highest BCUT2D eigenvalue weighted by atomic mass is 16.7. The van der Waals surface area contributed by atoms with Crippen molar-refractivity contribution in [2.45, 2.75) is 77.5 Å². The molecule has 4 heteroatoms. The lowest BCUT2D eigenvalue weighted by atomic mass is 9.89. The Kier molecular flexibility index (Phi) is 5.45. The third-order valence-electron chi connectivity index (χ3n) is 3.21. The average molecular weight is 257 g/mol. The Morgan fingerprint density at radius 2 is 1.78 bits per heavy atom. The van der Waals surface area contributed by atoms with E-state index >= 15 is 0 Å². The van der Waals surface area contributed by atoms with Crippen molar-refractivity contribution in [1.29, 1.82) is 0 Å². The second-order valence-electron chi connectivity index (χ2n) is 6.46. The van der Waals surface area contributed by atoms with Crippen LogP contribution < -0.4 is 5.73 Å². The van der Waals surface area contributed by atoms with Crippen LogP contribution in [-0.4, -0.2) is 23.9 Å². The Morgan fingerprint density at radius 1 is 1.17 bits per heavy atom. The van der Waals surface area contributed by atoms with E-state index in [0.717, 1.165) is 32.1 Å².